The van der Waals surface area contributed by atoms with E-state index in [-0.39, 0.29) is 61.5 Å². The van der Waals surface area contributed by atoms with Gasteiger partial charge >= 0.3 is 10.3 Å². The summed E-state index contributed by atoms with van der Waals surface area (Å²) in [6, 6.07) is 18.8. The summed E-state index contributed by atoms with van der Waals surface area (Å²) in [5.74, 6) is 3.98. The zero-order valence-corrected chi connectivity index (χ0v) is 35.2. The lowest BCUT2D eigenvalue weighted by Crippen LogP contribution is -2.62. The van der Waals surface area contributed by atoms with E-state index in [1.807, 2.05) is 48.5 Å². The normalized spacial score (nSPS) is 44.3. The van der Waals surface area contributed by atoms with E-state index < -0.39 is 16.4 Å². The second-order valence-electron chi connectivity index (χ2n) is 19.6. The van der Waals surface area contributed by atoms with Gasteiger partial charge in [0.05, 0.1) is 62.0 Å². The average Bonchev–Trinajstić information content (AvgIpc) is 4.00. The Kier molecular flexibility index (Phi) is 11.3. The van der Waals surface area contributed by atoms with Crippen LogP contribution in [0.4, 0.5) is 0 Å². The summed E-state index contributed by atoms with van der Waals surface area (Å²) in [5.41, 5.74) is 0.824. The molecule has 59 heavy (non-hydrogen) atoms. The molecule has 14 heteroatoms. The Balaban J connectivity index is 0.913. The molecule has 0 amide bonds. The van der Waals surface area contributed by atoms with E-state index in [1.165, 1.54) is 77.0 Å². The lowest BCUT2D eigenvalue weighted by Gasteiger charge is -2.39. The van der Waals surface area contributed by atoms with E-state index >= 15 is 0 Å². The Morgan fingerprint density at radius 1 is 0.458 bits per heavy atom. The molecule has 8 bridgehead atoms. The quantitative estimate of drug-likeness (QED) is 0.188. The van der Waals surface area contributed by atoms with Crippen LogP contribution in [-0.2, 0) is 21.0 Å². The molecule has 4 aliphatic carbocycles. The Bertz CT molecular complexity index is 1800. The first-order valence-electron chi connectivity index (χ1n) is 23.5. The van der Waals surface area contributed by atoms with Crippen LogP contribution in [0.5, 0.6) is 5.75 Å². The highest BCUT2D eigenvalue weighted by Crippen LogP contribution is 2.46. The van der Waals surface area contributed by atoms with Crippen LogP contribution in [0, 0.1) is 47.3 Å². The molecular weight excluding hydrogens is 763 g/mol. The molecule has 0 radical (unpaired) electrons. The zero-order valence-electron chi connectivity index (χ0n) is 34.4. The van der Waals surface area contributed by atoms with Crippen molar-refractivity contribution in [3.63, 3.8) is 0 Å². The Labute approximate surface area is 351 Å². The highest BCUT2D eigenvalue weighted by molar-refractivity contribution is 7.84. The van der Waals surface area contributed by atoms with Crippen molar-refractivity contribution in [2.45, 2.75) is 158 Å². The van der Waals surface area contributed by atoms with Crippen LogP contribution in [0.15, 0.2) is 60.7 Å². The summed E-state index contributed by atoms with van der Waals surface area (Å²) in [4.78, 5) is 6.14. The van der Waals surface area contributed by atoms with Gasteiger partial charge in [-0.3, -0.25) is 46.7 Å². The molecular formula is C45H67N9O4S. The molecule has 17 atom stereocenters. The molecule has 5 heterocycles. The van der Waals surface area contributed by atoms with Gasteiger partial charge in [0.25, 0.3) is 0 Å². The molecule has 2 aromatic carbocycles. The van der Waals surface area contributed by atoms with Gasteiger partial charge in [0.15, 0.2) is 0 Å². The number of fused-ring (bicyclic) bond motifs is 20. The molecule has 5 saturated heterocycles. The number of para-hydroxylation sites is 1. The van der Waals surface area contributed by atoms with E-state index in [2.05, 4.69) is 42.5 Å². The number of rotatable bonds is 7. The van der Waals surface area contributed by atoms with Crippen LogP contribution >= 0.6 is 0 Å². The smallest absolute Gasteiger partial charge is 0.370 e. The lowest BCUT2D eigenvalue weighted by molar-refractivity contribution is -0.0138. The highest BCUT2D eigenvalue weighted by atomic mass is 32.2. The number of hydrogen-bond acceptors (Lipinski definition) is 12. The molecule has 0 aromatic heterocycles. The minimum Gasteiger partial charge on any atom is -0.389 e. The topological polar surface area (TPSA) is 152 Å². The molecule has 13 nitrogen and oxygen atoms in total. The maximum absolute atomic E-state index is 14.6. The van der Waals surface area contributed by atoms with Gasteiger partial charge in [0.1, 0.15) is 5.75 Å². The van der Waals surface area contributed by atoms with E-state index in [9.17, 15) is 8.42 Å². The van der Waals surface area contributed by atoms with Gasteiger partial charge in [-0.2, -0.15) is 8.42 Å². The standard InChI is InChI=1S/C45H67N9O4S/c55-59(56,54(26-27-14-3-1-4-15-27)57-28-16-5-2-6-17-28)58-36-25-13-24-35-37(36)45-52-43-34-23-12-11-22-33(34)41(50-43)48-39-30-19-8-7-18-29(30)38(46-39)47-40-31-20-9-10-21-32(31)42(49-40)51-44(35)53-45/h1-6,14-17,29-53H,7-13,18-26H2. The molecule has 9 aliphatic rings. The van der Waals surface area contributed by atoms with Crippen LogP contribution < -0.4 is 47.4 Å². The van der Waals surface area contributed by atoms with E-state index in [1.54, 1.807) is 12.1 Å². The fraction of sp³-hybridized carbons (Fsp3) is 0.733. The van der Waals surface area contributed by atoms with Crippen molar-refractivity contribution in [2.24, 2.45) is 47.3 Å². The molecule has 4 saturated carbocycles. The van der Waals surface area contributed by atoms with Crippen molar-refractivity contribution < 1.29 is 17.4 Å². The van der Waals surface area contributed by atoms with Crippen molar-refractivity contribution >= 4 is 10.3 Å². The summed E-state index contributed by atoms with van der Waals surface area (Å²) in [6.45, 7) is 0.0376. The highest BCUT2D eigenvalue weighted by Gasteiger charge is 2.56. The molecule has 5 aliphatic heterocycles. The van der Waals surface area contributed by atoms with Crippen molar-refractivity contribution in [1.29, 1.82) is 0 Å². The summed E-state index contributed by atoms with van der Waals surface area (Å²) < 4.78 is 36.7. The molecule has 11 rings (SSSR count). The molecule has 9 fully saturated rings. The van der Waals surface area contributed by atoms with Crippen molar-refractivity contribution in [2.75, 3.05) is 0 Å². The number of benzene rings is 2. The van der Waals surface area contributed by atoms with Gasteiger partial charge < -0.3 is 4.84 Å². The van der Waals surface area contributed by atoms with E-state index in [0.29, 0.717) is 53.8 Å². The molecule has 8 N–H and O–H groups in total. The van der Waals surface area contributed by atoms with Crippen LogP contribution in [0.25, 0.3) is 0 Å². The lowest BCUT2D eigenvalue weighted by atomic mass is 9.75. The SMILES string of the molecule is O=S(=O)(OC1CCCC2C3NC4NC(NC5NC(NC6NC(NC(N3)C12)C1CCCCC61)C1CCCCC51)C1CCCCC41)N(Cc1ccccc1)Oc1ccccc1. The van der Waals surface area contributed by atoms with Crippen molar-refractivity contribution in [3.8, 4) is 5.75 Å². The third-order valence-corrected chi connectivity index (χ3v) is 17.6. The minimum absolute atomic E-state index is 0.00788. The number of hydrogen-bond donors (Lipinski definition) is 8. The molecule has 0 spiro atoms. The predicted molar refractivity (Wildman–Crippen MR) is 225 cm³/mol. The Morgan fingerprint density at radius 2 is 0.831 bits per heavy atom. The van der Waals surface area contributed by atoms with Gasteiger partial charge in [0, 0.05) is 5.92 Å². The molecule has 17 unspecified atom stereocenters. The maximum Gasteiger partial charge on any atom is 0.370 e. The third kappa shape index (κ3) is 7.81. The maximum atomic E-state index is 14.6. The van der Waals surface area contributed by atoms with Gasteiger partial charge in [-0.05, 0) is 115 Å². The van der Waals surface area contributed by atoms with Crippen LogP contribution in [0.3, 0.4) is 0 Å². The van der Waals surface area contributed by atoms with Gasteiger partial charge in [-0.1, -0.05) is 93.5 Å². The van der Waals surface area contributed by atoms with Crippen LogP contribution in [0.1, 0.15) is 102 Å². The zero-order chi connectivity index (χ0) is 39.5. The monoisotopic (exact) mass is 830 g/mol. The predicted octanol–water partition coefficient (Wildman–Crippen LogP) is 4.34. The first-order valence-corrected chi connectivity index (χ1v) is 24.9. The van der Waals surface area contributed by atoms with Gasteiger partial charge in [-0.15, -0.1) is 0 Å². The molecule has 2 aromatic rings. The number of nitrogens with zero attached hydrogens (tertiary/aromatic N) is 1. The second kappa shape index (κ2) is 16.8. The minimum atomic E-state index is -4.34. The fourth-order valence-electron chi connectivity index (χ4n) is 13.8. The Morgan fingerprint density at radius 3 is 1.27 bits per heavy atom. The number of hydroxylamine groups is 1. The summed E-state index contributed by atoms with van der Waals surface area (Å²) in [6.07, 6.45) is 18.4. The first-order chi connectivity index (χ1) is 28.9. The summed E-state index contributed by atoms with van der Waals surface area (Å²) in [5, 5.41) is 33.4. The molecule has 322 valence electrons. The third-order valence-electron chi connectivity index (χ3n) is 16.4. The van der Waals surface area contributed by atoms with Gasteiger partial charge in [0.2, 0.25) is 0 Å². The van der Waals surface area contributed by atoms with E-state index in [0.717, 1.165) is 22.9 Å². The van der Waals surface area contributed by atoms with Crippen molar-refractivity contribution in [1.82, 2.24) is 47.0 Å². The first kappa shape index (κ1) is 39.6. The van der Waals surface area contributed by atoms with E-state index in [4.69, 9.17) is 9.02 Å². The van der Waals surface area contributed by atoms with Crippen LogP contribution in [0.2, 0.25) is 0 Å². The second-order valence-corrected chi connectivity index (χ2v) is 21.1. The largest absolute Gasteiger partial charge is 0.389 e. The average molecular weight is 830 g/mol. The Hall–Kier alpha value is -2.21. The van der Waals surface area contributed by atoms with Crippen molar-refractivity contribution in [3.05, 3.63) is 66.2 Å². The summed E-state index contributed by atoms with van der Waals surface area (Å²) >= 11 is 0. The van der Waals surface area contributed by atoms with Crippen LogP contribution in [-0.4, -0.2) is 68.3 Å². The van der Waals surface area contributed by atoms with Gasteiger partial charge in [-0.25, -0.2) is 0 Å². The number of nitrogens with one attached hydrogen (secondary N) is 8. The summed E-state index contributed by atoms with van der Waals surface area (Å²) in [7, 11) is -4.34. The fourth-order valence-corrected chi connectivity index (χ4v) is 14.9.